The maximum atomic E-state index is 12.7. The van der Waals surface area contributed by atoms with E-state index in [1.807, 2.05) is 33.8 Å². The van der Waals surface area contributed by atoms with Gasteiger partial charge in [0.15, 0.2) is 0 Å². The molecule has 2 rings (SSSR count). The van der Waals surface area contributed by atoms with Gasteiger partial charge in [-0.15, -0.1) is 0 Å². The van der Waals surface area contributed by atoms with Crippen molar-refractivity contribution in [2.24, 2.45) is 0 Å². The third-order valence-electron chi connectivity index (χ3n) is 4.59. The van der Waals surface area contributed by atoms with Crippen LogP contribution >= 0.6 is 0 Å². The average molecular weight is 332 g/mol. The van der Waals surface area contributed by atoms with Gasteiger partial charge in [0, 0.05) is 18.7 Å². The molecule has 1 heterocycles. The van der Waals surface area contributed by atoms with Gasteiger partial charge in [-0.25, -0.2) is 0 Å². The molecule has 1 aromatic carbocycles. The van der Waals surface area contributed by atoms with Gasteiger partial charge in [-0.2, -0.15) is 0 Å². The number of carbonyl (C=O) groups excluding carboxylic acids is 2. The van der Waals surface area contributed by atoms with Crippen LogP contribution in [0.3, 0.4) is 0 Å². The number of benzene rings is 1. The maximum absolute atomic E-state index is 12.7. The summed E-state index contributed by atoms with van der Waals surface area (Å²) in [7, 11) is 0. The number of likely N-dealkylation sites (tertiary alicyclic amines) is 1. The molecule has 5 nitrogen and oxygen atoms in total. The molecule has 0 spiro atoms. The summed E-state index contributed by atoms with van der Waals surface area (Å²) >= 11 is 0. The van der Waals surface area contributed by atoms with E-state index in [0.29, 0.717) is 25.1 Å². The number of rotatable bonds is 5. The molecule has 24 heavy (non-hydrogen) atoms. The number of phenolic OH excluding ortho intramolecular Hbond substituents is 1. The predicted octanol–water partition coefficient (Wildman–Crippen LogP) is 3.55. The van der Waals surface area contributed by atoms with E-state index in [4.69, 9.17) is 0 Å². The number of nitrogens with zero attached hydrogens (tertiary/aromatic N) is 1. The molecule has 5 heteroatoms. The molecule has 2 amide bonds. The highest BCUT2D eigenvalue weighted by Gasteiger charge is 2.33. The van der Waals surface area contributed by atoms with Crippen LogP contribution in [-0.2, 0) is 9.59 Å². The molecule has 1 saturated heterocycles. The first-order chi connectivity index (χ1) is 11.3. The lowest BCUT2D eigenvalue weighted by Crippen LogP contribution is -2.43. The van der Waals surface area contributed by atoms with Crippen LogP contribution in [0.4, 0.5) is 5.69 Å². The molecule has 1 aliphatic rings. The second-order valence-electron chi connectivity index (χ2n) is 6.87. The van der Waals surface area contributed by atoms with Crippen molar-refractivity contribution in [3.05, 3.63) is 23.3 Å². The topological polar surface area (TPSA) is 69.6 Å². The molecule has 2 N–H and O–H groups in total. The van der Waals surface area contributed by atoms with Gasteiger partial charge in [0.1, 0.15) is 11.8 Å². The molecular weight excluding hydrogens is 304 g/mol. The first-order valence-corrected chi connectivity index (χ1v) is 8.79. The van der Waals surface area contributed by atoms with E-state index in [2.05, 4.69) is 5.32 Å². The van der Waals surface area contributed by atoms with E-state index in [1.165, 1.54) is 0 Å². The number of amides is 2. The lowest BCUT2D eigenvalue weighted by molar-refractivity contribution is -0.136. The first-order valence-electron chi connectivity index (χ1n) is 8.79. The molecule has 0 aliphatic carbocycles. The van der Waals surface area contributed by atoms with Crippen molar-refractivity contribution in [3.63, 3.8) is 0 Å². The Morgan fingerprint density at radius 3 is 2.71 bits per heavy atom. The molecule has 1 aromatic rings. The van der Waals surface area contributed by atoms with Gasteiger partial charge in [-0.05, 0) is 55.4 Å². The molecular formula is C19H28N2O3. The minimum atomic E-state index is -0.389. The largest absolute Gasteiger partial charge is 0.508 e. The highest BCUT2D eigenvalue weighted by atomic mass is 16.3. The fourth-order valence-corrected chi connectivity index (χ4v) is 3.22. The van der Waals surface area contributed by atoms with Crippen LogP contribution in [0.5, 0.6) is 5.75 Å². The third-order valence-corrected chi connectivity index (χ3v) is 4.59. The van der Waals surface area contributed by atoms with Crippen molar-refractivity contribution in [2.75, 3.05) is 11.9 Å². The molecule has 1 atom stereocenters. The number of phenols is 1. The van der Waals surface area contributed by atoms with Crippen LogP contribution in [0.15, 0.2) is 12.1 Å². The fourth-order valence-electron chi connectivity index (χ4n) is 3.22. The second-order valence-corrected chi connectivity index (χ2v) is 6.87. The monoisotopic (exact) mass is 332 g/mol. The zero-order chi connectivity index (χ0) is 17.9. The van der Waals surface area contributed by atoms with Crippen molar-refractivity contribution in [1.29, 1.82) is 0 Å². The summed E-state index contributed by atoms with van der Waals surface area (Å²) in [5.41, 5.74) is 2.33. The smallest absolute Gasteiger partial charge is 0.247 e. The number of hydrogen-bond donors (Lipinski definition) is 2. The second kappa shape index (κ2) is 7.69. The molecule has 1 unspecified atom stereocenters. The maximum Gasteiger partial charge on any atom is 0.247 e. The van der Waals surface area contributed by atoms with Crippen molar-refractivity contribution in [1.82, 2.24) is 4.90 Å². The molecule has 1 fully saturated rings. The van der Waals surface area contributed by atoms with Crippen molar-refractivity contribution in [3.8, 4) is 5.75 Å². The Morgan fingerprint density at radius 2 is 2.08 bits per heavy atom. The Labute approximate surface area is 144 Å². The summed E-state index contributed by atoms with van der Waals surface area (Å²) < 4.78 is 0. The highest BCUT2D eigenvalue weighted by molar-refractivity contribution is 5.98. The van der Waals surface area contributed by atoms with Crippen molar-refractivity contribution < 1.29 is 14.7 Å². The Hall–Kier alpha value is -2.04. The number of aromatic hydroxyl groups is 1. The van der Waals surface area contributed by atoms with Crippen molar-refractivity contribution in [2.45, 2.75) is 65.3 Å². The van der Waals surface area contributed by atoms with Gasteiger partial charge < -0.3 is 15.3 Å². The normalized spacial score (nSPS) is 17.4. The average Bonchev–Trinajstić information content (AvgIpc) is 2.99. The van der Waals surface area contributed by atoms with Gasteiger partial charge in [0.25, 0.3) is 0 Å². The zero-order valence-electron chi connectivity index (χ0n) is 15.1. The van der Waals surface area contributed by atoms with E-state index in [-0.39, 0.29) is 29.5 Å². The lowest BCUT2D eigenvalue weighted by atomic mass is 9.99. The molecule has 132 valence electrons. The SMILES string of the molecule is CCCC(=O)N1CCCC1C(=O)Nc1cc(C(C)C)c(O)cc1C. The zero-order valence-corrected chi connectivity index (χ0v) is 15.1. The number of nitrogens with one attached hydrogen (secondary N) is 1. The van der Waals surface area contributed by atoms with Gasteiger partial charge in [-0.1, -0.05) is 20.8 Å². The summed E-state index contributed by atoms with van der Waals surface area (Å²) in [5.74, 6) is 0.331. The van der Waals surface area contributed by atoms with E-state index in [0.717, 1.165) is 24.0 Å². The Kier molecular flexibility index (Phi) is 5.86. The number of aryl methyl sites for hydroxylation is 1. The molecule has 1 aliphatic heterocycles. The van der Waals surface area contributed by atoms with Crippen LogP contribution in [0.2, 0.25) is 0 Å². The van der Waals surface area contributed by atoms with Crippen LogP contribution in [-0.4, -0.2) is 34.4 Å². The number of anilines is 1. The minimum absolute atomic E-state index is 0.0560. The van der Waals surface area contributed by atoms with Crippen molar-refractivity contribution >= 4 is 17.5 Å². The van der Waals surface area contributed by atoms with E-state index >= 15 is 0 Å². The summed E-state index contributed by atoms with van der Waals surface area (Å²) in [6.45, 7) is 8.48. The molecule has 0 bridgehead atoms. The predicted molar refractivity (Wildman–Crippen MR) is 95.2 cm³/mol. The lowest BCUT2D eigenvalue weighted by Gasteiger charge is -2.24. The molecule has 0 saturated carbocycles. The van der Waals surface area contributed by atoms with Gasteiger partial charge in [0.05, 0.1) is 0 Å². The standard InChI is InChI=1S/C19H28N2O3/c1-5-7-18(23)21-9-6-8-16(21)19(24)20-15-11-14(12(2)3)17(22)10-13(15)4/h10-12,16,22H,5-9H2,1-4H3,(H,20,24). The summed E-state index contributed by atoms with van der Waals surface area (Å²) in [6, 6.07) is 3.12. The van der Waals surface area contributed by atoms with Crippen LogP contribution in [0.25, 0.3) is 0 Å². The Morgan fingerprint density at radius 1 is 1.38 bits per heavy atom. The minimum Gasteiger partial charge on any atom is -0.508 e. The van der Waals surface area contributed by atoms with E-state index < -0.39 is 0 Å². The van der Waals surface area contributed by atoms with Crippen LogP contribution < -0.4 is 5.32 Å². The summed E-state index contributed by atoms with van der Waals surface area (Å²) in [4.78, 5) is 26.6. The number of hydrogen-bond acceptors (Lipinski definition) is 3. The van der Waals surface area contributed by atoms with Gasteiger partial charge in [0.2, 0.25) is 11.8 Å². The van der Waals surface area contributed by atoms with Gasteiger partial charge >= 0.3 is 0 Å². The van der Waals surface area contributed by atoms with Crippen LogP contribution in [0.1, 0.15) is 63.5 Å². The third kappa shape index (κ3) is 3.89. The summed E-state index contributed by atoms with van der Waals surface area (Å²) in [5, 5.41) is 13.0. The fraction of sp³-hybridized carbons (Fsp3) is 0.579. The Balaban J connectivity index is 2.17. The van der Waals surface area contributed by atoms with E-state index in [1.54, 1.807) is 11.0 Å². The summed E-state index contributed by atoms with van der Waals surface area (Å²) in [6.07, 6.45) is 2.84. The highest BCUT2D eigenvalue weighted by Crippen LogP contribution is 2.31. The van der Waals surface area contributed by atoms with Gasteiger partial charge in [-0.3, -0.25) is 9.59 Å². The molecule has 0 radical (unpaired) electrons. The van der Waals surface area contributed by atoms with E-state index in [9.17, 15) is 14.7 Å². The molecule has 0 aromatic heterocycles. The Bertz CT molecular complexity index is 625. The quantitative estimate of drug-likeness (QED) is 0.810. The first kappa shape index (κ1) is 18.3. The number of carbonyl (C=O) groups is 2. The van der Waals surface area contributed by atoms with Crippen LogP contribution in [0, 0.1) is 6.92 Å².